The van der Waals surface area contributed by atoms with Crippen LogP contribution in [0.5, 0.6) is 0 Å². The number of carboxylic acid groups (broad SMARTS) is 1. The van der Waals surface area contributed by atoms with Crippen LogP contribution in [0.4, 0.5) is 11.4 Å². The molecular formula is C26H21ClN4O5S2. The molecule has 0 bridgehead atoms. The van der Waals surface area contributed by atoms with Gasteiger partial charge in [-0.25, -0.2) is 13.2 Å². The number of furan rings is 1. The van der Waals surface area contributed by atoms with E-state index < -0.39 is 22.0 Å². The van der Waals surface area contributed by atoms with Crippen molar-refractivity contribution in [1.82, 2.24) is 10.3 Å². The molecule has 5 rings (SSSR count). The Morgan fingerprint density at radius 1 is 1.13 bits per heavy atom. The number of anilines is 2. The number of benzene rings is 2. The third-order valence-corrected chi connectivity index (χ3v) is 7.19. The van der Waals surface area contributed by atoms with Crippen LogP contribution in [0.3, 0.4) is 0 Å². The summed E-state index contributed by atoms with van der Waals surface area (Å²) in [5.41, 5.74) is 2.39. The molecule has 2 aromatic carbocycles. The lowest BCUT2D eigenvalue weighted by atomic mass is 10.0. The molecule has 3 heterocycles. The Morgan fingerprint density at radius 3 is 2.55 bits per heavy atom. The summed E-state index contributed by atoms with van der Waals surface area (Å²) in [5.74, 6) is -0.133. The van der Waals surface area contributed by atoms with Crippen molar-refractivity contribution in [2.45, 2.75) is 12.1 Å². The molecule has 12 heteroatoms. The highest BCUT2D eigenvalue weighted by Gasteiger charge is 2.42. The predicted octanol–water partition coefficient (Wildman–Crippen LogP) is 5.24. The number of aromatic carboxylic acids is 1. The number of nitrogens with zero attached hydrogens (tertiary/aromatic N) is 2. The Morgan fingerprint density at radius 2 is 1.89 bits per heavy atom. The Hall–Kier alpha value is -3.93. The van der Waals surface area contributed by atoms with Crippen LogP contribution in [0, 0.1) is 0 Å². The molecule has 0 amide bonds. The summed E-state index contributed by atoms with van der Waals surface area (Å²) < 4.78 is 32.0. The second-order valence-corrected chi connectivity index (χ2v) is 11.2. The Balaban J connectivity index is 1.57. The van der Waals surface area contributed by atoms with E-state index in [1.165, 1.54) is 18.2 Å². The standard InChI is InChI=1S/C26H21ClN4O5S2/c1-38(34,35)30-16-6-8-17(9-7-16)31-24(23(29-26(31)37)20-4-2-3-13-28-20)22-12-11-21(36-22)18-14-15(25(32)33)5-10-19(18)27/h2-14,23-24,30H,1H3,(H,29,37)(H,32,33)/t23-,24+/m1/s1. The topological polar surface area (TPSA) is 125 Å². The van der Waals surface area contributed by atoms with Gasteiger partial charge in [0.25, 0.3) is 0 Å². The zero-order valence-corrected chi connectivity index (χ0v) is 22.2. The average molecular weight is 569 g/mol. The smallest absolute Gasteiger partial charge is 0.335 e. The van der Waals surface area contributed by atoms with E-state index >= 15 is 0 Å². The summed E-state index contributed by atoms with van der Waals surface area (Å²) in [6.45, 7) is 0. The molecule has 0 saturated carbocycles. The Labute approximate surface area is 229 Å². The highest BCUT2D eigenvalue weighted by molar-refractivity contribution is 7.92. The number of sulfonamides is 1. The van der Waals surface area contributed by atoms with Crippen molar-refractivity contribution in [3.8, 4) is 11.3 Å². The SMILES string of the molecule is CS(=O)(=O)Nc1ccc(N2C(=S)N[C@H](c3ccccn3)[C@@H]2c2ccc(-c3cc(C(=O)O)ccc3Cl)o2)cc1. The van der Waals surface area contributed by atoms with Gasteiger partial charge in [-0.05, 0) is 78.9 Å². The second-order valence-electron chi connectivity index (χ2n) is 8.62. The maximum Gasteiger partial charge on any atom is 0.335 e. The number of hydrogen-bond acceptors (Lipinski definition) is 6. The summed E-state index contributed by atoms with van der Waals surface area (Å²) in [4.78, 5) is 17.9. The van der Waals surface area contributed by atoms with Crippen LogP contribution in [-0.2, 0) is 10.0 Å². The second kappa shape index (κ2) is 10.1. The molecule has 0 spiro atoms. The molecule has 2 aromatic heterocycles. The van der Waals surface area contributed by atoms with Gasteiger partial charge >= 0.3 is 5.97 Å². The van der Waals surface area contributed by atoms with Gasteiger partial charge in [-0.15, -0.1) is 0 Å². The number of rotatable bonds is 7. The van der Waals surface area contributed by atoms with Crippen LogP contribution in [0.25, 0.3) is 11.3 Å². The van der Waals surface area contributed by atoms with Crippen LogP contribution < -0.4 is 14.9 Å². The van der Waals surface area contributed by atoms with Gasteiger partial charge in [-0.1, -0.05) is 17.7 Å². The maximum atomic E-state index is 11.6. The number of thiocarbonyl (C=S) groups is 1. The molecule has 1 saturated heterocycles. The molecule has 2 atom stereocenters. The molecule has 0 radical (unpaired) electrons. The van der Waals surface area contributed by atoms with Crippen molar-refractivity contribution in [2.24, 2.45) is 0 Å². The van der Waals surface area contributed by atoms with Gasteiger partial charge in [0, 0.05) is 23.1 Å². The largest absolute Gasteiger partial charge is 0.478 e. The first-order chi connectivity index (χ1) is 18.1. The van der Waals surface area contributed by atoms with Gasteiger partial charge in [-0.3, -0.25) is 9.71 Å². The third kappa shape index (κ3) is 5.21. The minimum atomic E-state index is -3.43. The van der Waals surface area contributed by atoms with Gasteiger partial charge in [0.05, 0.1) is 28.6 Å². The summed E-state index contributed by atoms with van der Waals surface area (Å²) in [6.07, 6.45) is 2.77. The highest BCUT2D eigenvalue weighted by atomic mass is 35.5. The lowest BCUT2D eigenvalue weighted by Crippen LogP contribution is -2.29. The van der Waals surface area contributed by atoms with E-state index in [1.54, 1.807) is 42.6 Å². The van der Waals surface area contributed by atoms with Crippen molar-refractivity contribution in [1.29, 1.82) is 0 Å². The number of halogens is 1. The number of carbonyl (C=O) groups is 1. The fourth-order valence-corrected chi connectivity index (χ4v) is 5.45. The summed E-state index contributed by atoms with van der Waals surface area (Å²) in [7, 11) is -3.43. The molecule has 0 unspecified atom stereocenters. The summed E-state index contributed by atoms with van der Waals surface area (Å²) in [5, 5.41) is 13.5. The van der Waals surface area contributed by atoms with E-state index in [2.05, 4.69) is 15.0 Å². The summed E-state index contributed by atoms with van der Waals surface area (Å²) in [6, 6.07) is 19.5. The van der Waals surface area contributed by atoms with E-state index in [-0.39, 0.29) is 11.6 Å². The number of pyridine rings is 1. The average Bonchev–Trinajstić information content (AvgIpc) is 3.49. The Bertz CT molecular complexity index is 1630. The van der Waals surface area contributed by atoms with E-state index in [0.29, 0.717) is 38.6 Å². The maximum absolute atomic E-state index is 11.6. The van der Waals surface area contributed by atoms with Crippen LogP contribution in [0.15, 0.2) is 83.4 Å². The number of carboxylic acids is 1. The quantitative estimate of drug-likeness (QED) is 0.257. The fraction of sp³-hybridized carbons (Fsp3) is 0.115. The van der Waals surface area contributed by atoms with Crippen molar-refractivity contribution >= 4 is 56.3 Å². The van der Waals surface area contributed by atoms with Gasteiger partial charge in [0.1, 0.15) is 17.6 Å². The monoisotopic (exact) mass is 568 g/mol. The lowest BCUT2D eigenvalue weighted by molar-refractivity contribution is 0.0697. The molecule has 9 nitrogen and oxygen atoms in total. The molecule has 38 heavy (non-hydrogen) atoms. The first kappa shape index (κ1) is 25.7. The minimum absolute atomic E-state index is 0.0850. The molecule has 1 aliphatic rings. The van der Waals surface area contributed by atoms with Crippen LogP contribution >= 0.6 is 23.8 Å². The molecule has 194 valence electrons. The first-order valence-electron chi connectivity index (χ1n) is 11.3. The van der Waals surface area contributed by atoms with E-state index in [1.807, 2.05) is 23.1 Å². The predicted molar refractivity (Wildman–Crippen MR) is 149 cm³/mol. The number of hydrogen-bond donors (Lipinski definition) is 3. The molecule has 1 aliphatic heterocycles. The number of nitrogens with one attached hydrogen (secondary N) is 2. The van der Waals surface area contributed by atoms with Crippen LogP contribution in [-0.4, -0.2) is 35.8 Å². The highest BCUT2D eigenvalue weighted by Crippen LogP contribution is 2.43. The zero-order valence-electron chi connectivity index (χ0n) is 19.8. The Kier molecular flexibility index (Phi) is 6.82. The van der Waals surface area contributed by atoms with Gasteiger partial charge < -0.3 is 19.7 Å². The van der Waals surface area contributed by atoms with Crippen molar-refractivity contribution < 1.29 is 22.7 Å². The van der Waals surface area contributed by atoms with Crippen molar-refractivity contribution in [2.75, 3.05) is 15.9 Å². The third-order valence-electron chi connectivity index (χ3n) is 5.94. The molecular weight excluding hydrogens is 548 g/mol. The van der Waals surface area contributed by atoms with Crippen LogP contribution in [0.2, 0.25) is 5.02 Å². The molecule has 1 fully saturated rings. The molecule has 4 aromatic rings. The van der Waals surface area contributed by atoms with Crippen LogP contribution in [0.1, 0.15) is 33.9 Å². The van der Waals surface area contributed by atoms with Gasteiger partial charge in [0.15, 0.2) is 5.11 Å². The normalized spacial score (nSPS) is 17.3. The first-order valence-corrected chi connectivity index (χ1v) is 14.0. The van der Waals surface area contributed by atoms with Crippen molar-refractivity contribution in [3.05, 3.63) is 101 Å². The van der Waals surface area contributed by atoms with E-state index in [9.17, 15) is 18.3 Å². The summed E-state index contributed by atoms with van der Waals surface area (Å²) >= 11 is 12.1. The van der Waals surface area contributed by atoms with Crippen molar-refractivity contribution in [3.63, 3.8) is 0 Å². The zero-order chi connectivity index (χ0) is 27.0. The minimum Gasteiger partial charge on any atom is -0.478 e. The number of aromatic nitrogens is 1. The molecule has 3 N–H and O–H groups in total. The fourth-order valence-electron chi connectivity index (χ4n) is 4.33. The van der Waals surface area contributed by atoms with E-state index in [0.717, 1.165) is 11.9 Å². The lowest BCUT2D eigenvalue weighted by Gasteiger charge is -2.26. The van der Waals surface area contributed by atoms with Gasteiger partial charge in [-0.2, -0.15) is 0 Å². The van der Waals surface area contributed by atoms with E-state index in [4.69, 9.17) is 28.2 Å². The molecule has 0 aliphatic carbocycles. The van der Waals surface area contributed by atoms with Gasteiger partial charge in [0.2, 0.25) is 10.0 Å².